The van der Waals surface area contributed by atoms with E-state index >= 15 is 0 Å². The second-order valence-electron chi connectivity index (χ2n) is 7.47. The Hall–Kier alpha value is -1.60. The minimum atomic E-state index is 0.0874. The average Bonchev–Trinajstić information content (AvgIpc) is 3.39. The lowest BCUT2D eigenvalue weighted by Crippen LogP contribution is -2.37. The van der Waals surface area contributed by atoms with Crippen LogP contribution in [0, 0.1) is 6.92 Å². The monoisotopic (exact) mass is 460 g/mol. The number of rotatable bonds is 8. The highest BCUT2D eigenvalue weighted by Gasteiger charge is 2.26. The van der Waals surface area contributed by atoms with Crippen LogP contribution in [-0.2, 0) is 9.53 Å². The molecular formula is C23H25ClN2O2S2. The van der Waals surface area contributed by atoms with Crippen molar-refractivity contribution in [1.82, 2.24) is 4.98 Å². The number of nitrogens with zero attached hydrogens (tertiary/aromatic N) is 2. The highest BCUT2D eigenvalue weighted by molar-refractivity contribution is 7.99. The van der Waals surface area contributed by atoms with Gasteiger partial charge in [-0.25, -0.2) is 4.98 Å². The Morgan fingerprint density at radius 2 is 2.17 bits per heavy atom. The molecule has 2 heterocycles. The summed E-state index contributed by atoms with van der Waals surface area (Å²) >= 11 is 9.54. The zero-order valence-electron chi connectivity index (χ0n) is 17.0. The van der Waals surface area contributed by atoms with E-state index in [1.54, 1.807) is 11.8 Å². The Morgan fingerprint density at radius 3 is 2.93 bits per heavy atom. The smallest absolute Gasteiger partial charge is 0.228 e. The van der Waals surface area contributed by atoms with E-state index in [0.29, 0.717) is 18.0 Å². The van der Waals surface area contributed by atoms with Crippen LogP contribution in [-0.4, -0.2) is 35.9 Å². The number of carbonyl (C=O) groups is 1. The summed E-state index contributed by atoms with van der Waals surface area (Å²) in [5, 5.41) is 1.44. The van der Waals surface area contributed by atoms with Crippen LogP contribution < -0.4 is 4.90 Å². The van der Waals surface area contributed by atoms with Crippen LogP contribution in [0.15, 0.2) is 47.4 Å². The van der Waals surface area contributed by atoms with Gasteiger partial charge in [-0.3, -0.25) is 9.69 Å². The fourth-order valence-electron chi connectivity index (χ4n) is 3.60. The molecule has 1 aliphatic rings. The maximum atomic E-state index is 13.2. The van der Waals surface area contributed by atoms with E-state index in [9.17, 15) is 4.79 Å². The number of amides is 1. The summed E-state index contributed by atoms with van der Waals surface area (Å²) in [5.74, 6) is 1.03. The van der Waals surface area contributed by atoms with Gasteiger partial charge in [-0.2, -0.15) is 0 Å². The molecule has 1 aliphatic heterocycles. The summed E-state index contributed by atoms with van der Waals surface area (Å²) in [6.07, 6.45) is 3.46. The number of thiazole rings is 1. The summed E-state index contributed by atoms with van der Waals surface area (Å²) in [4.78, 5) is 21.0. The number of aryl methyl sites for hydroxylation is 1. The van der Waals surface area contributed by atoms with Crippen molar-refractivity contribution < 1.29 is 9.53 Å². The number of thioether (sulfide) groups is 1. The van der Waals surface area contributed by atoms with Gasteiger partial charge < -0.3 is 4.74 Å². The molecule has 1 saturated heterocycles. The van der Waals surface area contributed by atoms with Gasteiger partial charge in [0.2, 0.25) is 5.91 Å². The number of benzene rings is 2. The maximum Gasteiger partial charge on any atom is 0.228 e. The van der Waals surface area contributed by atoms with Gasteiger partial charge in [0, 0.05) is 22.9 Å². The van der Waals surface area contributed by atoms with Gasteiger partial charge >= 0.3 is 0 Å². The predicted octanol–water partition coefficient (Wildman–Crippen LogP) is 6.34. The quantitative estimate of drug-likeness (QED) is 0.290. The molecule has 1 unspecified atom stereocenters. The lowest BCUT2D eigenvalue weighted by molar-refractivity contribution is -0.119. The third-order valence-corrected chi connectivity index (χ3v) is 7.47. The van der Waals surface area contributed by atoms with Crippen molar-refractivity contribution in [2.24, 2.45) is 0 Å². The standard InChI is InChI=1S/C23H25ClN2O2S2/c1-16-13-17(24)14-20-22(16)25-23(30-20)26(15-18-7-5-11-28-18)21(27)10-6-12-29-19-8-3-2-4-9-19/h2-4,8-9,13-14,18H,5-7,10-12,15H2,1H3. The van der Waals surface area contributed by atoms with E-state index in [4.69, 9.17) is 21.3 Å². The average molecular weight is 461 g/mol. The largest absolute Gasteiger partial charge is 0.376 e. The number of anilines is 1. The van der Waals surface area contributed by atoms with Crippen molar-refractivity contribution in [2.75, 3.05) is 23.8 Å². The molecule has 2 aromatic carbocycles. The van der Waals surface area contributed by atoms with Gasteiger partial charge in [0.15, 0.2) is 5.13 Å². The molecule has 158 valence electrons. The van der Waals surface area contributed by atoms with E-state index in [2.05, 4.69) is 12.1 Å². The first kappa shape index (κ1) is 21.6. The fourth-order valence-corrected chi connectivity index (χ4v) is 5.92. The third kappa shape index (κ3) is 5.35. The highest BCUT2D eigenvalue weighted by Crippen LogP contribution is 2.34. The number of hydrogen-bond acceptors (Lipinski definition) is 5. The molecule has 0 saturated carbocycles. The van der Waals surface area contributed by atoms with Crippen LogP contribution >= 0.6 is 34.7 Å². The lowest BCUT2D eigenvalue weighted by Gasteiger charge is -2.23. The first-order valence-electron chi connectivity index (χ1n) is 10.3. The lowest BCUT2D eigenvalue weighted by atomic mass is 10.2. The van der Waals surface area contributed by atoms with Gasteiger partial charge in [-0.15, -0.1) is 11.8 Å². The normalized spacial score (nSPS) is 16.3. The molecule has 4 rings (SSSR count). The second-order valence-corrected chi connectivity index (χ2v) is 10.1. The first-order chi connectivity index (χ1) is 14.6. The Bertz CT molecular complexity index is 1000. The summed E-state index contributed by atoms with van der Waals surface area (Å²) in [7, 11) is 0. The summed E-state index contributed by atoms with van der Waals surface area (Å²) in [5.41, 5.74) is 1.95. The van der Waals surface area contributed by atoms with Gasteiger partial charge in [0.05, 0.1) is 22.9 Å². The Kier molecular flexibility index (Phi) is 7.31. The minimum absolute atomic E-state index is 0.0874. The van der Waals surface area contributed by atoms with Gasteiger partial charge in [-0.05, 0) is 61.8 Å². The van der Waals surface area contributed by atoms with E-state index in [-0.39, 0.29) is 12.0 Å². The summed E-state index contributed by atoms with van der Waals surface area (Å²) in [6, 6.07) is 14.1. The minimum Gasteiger partial charge on any atom is -0.376 e. The van der Waals surface area contributed by atoms with Crippen molar-refractivity contribution in [3.8, 4) is 0 Å². The number of fused-ring (bicyclic) bond motifs is 1. The van der Waals surface area contributed by atoms with Crippen molar-refractivity contribution in [3.05, 3.63) is 53.1 Å². The van der Waals surface area contributed by atoms with E-state index < -0.39 is 0 Å². The molecule has 0 N–H and O–H groups in total. The molecule has 1 aromatic heterocycles. The molecule has 1 atom stereocenters. The molecule has 1 amide bonds. The van der Waals surface area contributed by atoms with Crippen molar-refractivity contribution in [2.45, 2.75) is 43.6 Å². The first-order valence-corrected chi connectivity index (χ1v) is 12.4. The Labute approximate surface area is 190 Å². The highest BCUT2D eigenvalue weighted by atomic mass is 35.5. The van der Waals surface area contributed by atoms with Crippen molar-refractivity contribution >= 4 is 56.0 Å². The molecular weight excluding hydrogens is 436 g/mol. The van der Waals surface area contributed by atoms with Crippen LogP contribution in [0.5, 0.6) is 0 Å². The number of halogens is 1. The molecule has 1 fully saturated rings. The molecule has 0 bridgehead atoms. The van der Waals surface area contributed by atoms with E-state index in [0.717, 1.165) is 52.5 Å². The van der Waals surface area contributed by atoms with E-state index in [1.165, 1.54) is 16.2 Å². The molecule has 0 aliphatic carbocycles. The Morgan fingerprint density at radius 1 is 1.33 bits per heavy atom. The molecule has 7 heteroatoms. The second kappa shape index (κ2) is 10.1. The van der Waals surface area contributed by atoms with Crippen LogP contribution in [0.4, 0.5) is 5.13 Å². The molecule has 3 aromatic rings. The summed E-state index contributed by atoms with van der Waals surface area (Å²) < 4.78 is 6.83. The number of carbonyl (C=O) groups excluding carboxylic acids is 1. The van der Waals surface area contributed by atoms with Crippen LogP contribution in [0.1, 0.15) is 31.2 Å². The van der Waals surface area contributed by atoms with Gasteiger partial charge in [0.25, 0.3) is 0 Å². The molecule has 4 nitrogen and oxygen atoms in total. The topological polar surface area (TPSA) is 42.4 Å². The van der Waals surface area contributed by atoms with E-state index in [1.807, 2.05) is 42.2 Å². The van der Waals surface area contributed by atoms with Crippen LogP contribution in [0.3, 0.4) is 0 Å². The number of aromatic nitrogens is 1. The maximum absolute atomic E-state index is 13.2. The number of hydrogen-bond donors (Lipinski definition) is 0. The predicted molar refractivity (Wildman–Crippen MR) is 127 cm³/mol. The van der Waals surface area contributed by atoms with Gasteiger partial charge in [0.1, 0.15) is 0 Å². The zero-order chi connectivity index (χ0) is 20.9. The molecule has 30 heavy (non-hydrogen) atoms. The van der Waals surface area contributed by atoms with Crippen molar-refractivity contribution in [1.29, 1.82) is 0 Å². The van der Waals surface area contributed by atoms with Gasteiger partial charge in [-0.1, -0.05) is 41.1 Å². The SMILES string of the molecule is Cc1cc(Cl)cc2sc(N(CC3CCCO3)C(=O)CCCSc3ccccc3)nc12. The molecule has 0 radical (unpaired) electrons. The number of ether oxygens (including phenoxy) is 1. The zero-order valence-corrected chi connectivity index (χ0v) is 19.4. The van der Waals surface area contributed by atoms with Crippen molar-refractivity contribution in [3.63, 3.8) is 0 Å². The van der Waals surface area contributed by atoms with Crippen LogP contribution in [0.25, 0.3) is 10.2 Å². The Balaban J connectivity index is 1.46. The summed E-state index contributed by atoms with van der Waals surface area (Å²) in [6.45, 7) is 3.34. The van der Waals surface area contributed by atoms with Crippen LogP contribution in [0.2, 0.25) is 5.02 Å². The fraction of sp³-hybridized carbons (Fsp3) is 0.391. The molecule has 0 spiro atoms. The third-order valence-electron chi connectivity index (χ3n) is 5.13.